The minimum absolute atomic E-state index is 0.113. The van der Waals surface area contributed by atoms with Gasteiger partial charge in [0.2, 0.25) is 0 Å². The summed E-state index contributed by atoms with van der Waals surface area (Å²) in [4.78, 5) is 0. The summed E-state index contributed by atoms with van der Waals surface area (Å²) in [6.45, 7) is 5.96. The number of benzene rings is 1. The van der Waals surface area contributed by atoms with Crippen molar-refractivity contribution in [1.29, 1.82) is 0 Å². The molecule has 0 spiro atoms. The van der Waals surface area contributed by atoms with Crippen molar-refractivity contribution in [2.75, 3.05) is 7.05 Å². The lowest BCUT2D eigenvalue weighted by Gasteiger charge is -2.17. The second kappa shape index (κ2) is 4.49. The summed E-state index contributed by atoms with van der Waals surface area (Å²) in [5.74, 6) is 0.930. The molecule has 0 aliphatic heterocycles. The Hall–Kier alpha value is -1.35. The summed E-state index contributed by atoms with van der Waals surface area (Å²) in [6.07, 6.45) is 0. The van der Waals surface area contributed by atoms with Crippen molar-refractivity contribution in [3.05, 3.63) is 35.3 Å². The Labute approximate surface area is 101 Å². The Morgan fingerprint density at radius 2 is 2.00 bits per heavy atom. The van der Waals surface area contributed by atoms with E-state index in [4.69, 9.17) is 4.42 Å². The summed E-state index contributed by atoms with van der Waals surface area (Å²) in [7, 11) is 1.89. The fourth-order valence-corrected chi connectivity index (χ4v) is 2.14. The first-order chi connectivity index (χ1) is 8.04. The van der Waals surface area contributed by atoms with Crippen LogP contribution < -0.4 is 5.32 Å². The second-order valence-electron chi connectivity index (χ2n) is 4.77. The lowest BCUT2D eigenvalue weighted by molar-refractivity contribution is 0.367. The van der Waals surface area contributed by atoms with E-state index in [9.17, 15) is 4.39 Å². The molecule has 0 aliphatic rings. The largest absolute Gasteiger partial charge is 0.456 e. The molecule has 0 aliphatic carbocycles. The van der Waals surface area contributed by atoms with Gasteiger partial charge in [0.05, 0.1) is 6.04 Å². The first-order valence-electron chi connectivity index (χ1n) is 5.90. The van der Waals surface area contributed by atoms with Gasteiger partial charge in [0.25, 0.3) is 0 Å². The number of fused-ring (bicyclic) bond motifs is 1. The number of aryl methyl sites for hydroxylation is 1. The molecular weight excluding hydrogens is 217 g/mol. The predicted molar refractivity (Wildman–Crippen MR) is 67.5 cm³/mol. The molecule has 1 atom stereocenters. The molecule has 1 N–H and O–H groups in total. The van der Waals surface area contributed by atoms with E-state index < -0.39 is 0 Å². The quantitative estimate of drug-likeness (QED) is 0.875. The van der Waals surface area contributed by atoms with E-state index in [2.05, 4.69) is 19.2 Å². The van der Waals surface area contributed by atoms with Gasteiger partial charge in [0.1, 0.15) is 5.76 Å². The van der Waals surface area contributed by atoms with Crippen LogP contribution in [-0.2, 0) is 0 Å². The molecule has 92 valence electrons. The SMILES string of the molecule is CNC(c1cc2ccc(C)c(F)c2o1)C(C)C. The number of hydrogen-bond donors (Lipinski definition) is 1. The summed E-state index contributed by atoms with van der Waals surface area (Å²) in [5.41, 5.74) is 0.977. The lowest BCUT2D eigenvalue weighted by Crippen LogP contribution is -2.20. The van der Waals surface area contributed by atoms with E-state index in [1.807, 2.05) is 19.2 Å². The van der Waals surface area contributed by atoms with Gasteiger partial charge in [-0.25, -0.2) is 4.39 Å². The Morgan fingerprint density at radius 1 is 1.29 bits per heavy atom. The van der Waals surface area contributed by atoms with Crippen LogP contribution in [0.2, 0.25) is 0 Å². The molecule has 3 heteroatoms. The number of furan rings is 1. The molecule has 1 aromatic carbocycles. The van der Waals surface area contributed by atoms with Crippen LogP contribution in [0.25, 0.3) is 11.0 Å². The van der Waals surface area contributed by atoms with E-state index in [-0.39, 0.29) is 11.9 Å². The average molecular weight is 235 g/mol. The third-order valence-corrected chi connectivity index (χ3v) is 3.12. The van der Waals surface area contributed by atoms with Crippen LogP contribution in [0.3, 0.4) is 0 Å². The molecule has 2 rings (SSSR count). The van der Waals surface area contributed by atoms with E-state index in [1.165, 1.54) is 0 Å². The normalized spacial score (nSPS) is 13.5. The van der Waals surface area contributed by atoms with Crippen LogP contribution in [0.5, 0.6) is 0 Å². The van der Waals surface area contributed by atoms with Gasteiger partial charge in [-0.15, -0.1) is 0 Å². The molecule has 1 aromatic heterocycles. The molecule has 0 saturated carbocycles. The van der Waals surface area contributed by atoms with Gasteiger partial charge in [-0.05, 0) is 31.5 Å². The lowest BCUT2D eigenvalue weighted by atomic mass is 10.0. The summed E-state index contributed by atoms with van der Waals surface area (Å²) >= 11 is 0. The monoisotopic (exact) mass is 235 g/mol. The Kier molecular flexibility index (Phi) is 3.20. The molecule has 0 radical (unpaired) electrons. The predicted octanol–water partition coefficient (Wildman–Crippen LogP) is 3.80. The number of hydrogen-bond acceptors (Lipinski definition) is 2. The molecule has 1 heterocycles. The van der Waals surface area contributed by atoms with Crippen molar-refractivity contribution < 1.29 is 8.81 Å². The Balaban J connectivity index is 2.54. The molecule has 0 bridgehead atoms. The van der Waals surface area contributed by atoms with Crippen molar-refractivity contribution in [2.24, 2.45) is 5.92 Å². The van der Waals surface area contributed by atoms with E-state index in [0.717, 1.165) is 11.1 Å². The van der Waals surface area contributed by atoms with Crippen LogP contribution in [0, 0.1) is 18.7 Å². The van der Waals surface area contributed by atoms with Crippen molar-refractivity contribution in [3.63, 3.8) is 0 Å². The van der Waals surface area contributed by atoms with Gasteiger partial charge in [0.15, 0.2) is 11.4 Å². The summed E-state index contributed by atoms with van der Waals surface area (Å²) in [6, 6.07) is 5.70. The number of halogens is 1. The van der Waals surface area contributed by atoms with Crippen molar-refractivity contribution in [3.8, 4) is 0 Å². The fourth-order valence-electron chi connectivity index (χ4n) is 2.14. The van der Waals surface area contributed by atoms with Gasteiger partial charge in [-0.3, -0.25) is 0 Å². The van der Waals surface area contributed by atoms with E-state index in [0.29, 0.717) is 17.1 Å². The first kappa shape index (κ1) is 12.1. The van der Waals surface area contributed by atoms with Crippen molar-refractivity contribution in [1.82, 2.24) is 5.32 Å². The molecule has 17 heavy (non-hydrogen) atoms. The molecule has 2 aromatic rings. The van der Waals surface area contributed by atoms with Gasteiger partial charge in [-0.1, -0.05) is 26.0 Å². The maximum atomic E-state index is 13.9. The standard InChI is InChI=1S/C14H18FNO/c1-8(2)13(16-4)11-7-10-6-5-9(3)12(15)14(10)17-11/h5-8,13,16H,1-4H3. The van der Waals surface area contributed by atoms with E-state index >= 15 is 0 Å². The van der Waals surface area contributed by atoms with Gasteiger partial charge >= 0.3 is 0 Å². The third-order valence-electron chi connectivity index (χ3n) is 3.12. The maximum Gasteiger partial charge on any atom is 0.170 e. The van der Waals surface area contributed by atoms with Crippen molar-refractivity contribution >= 4 is 11.0 Å². The minimum atomic E-state index is -0.257. The zero-order valence-electron chi connectivity index (χ0n) is 10.7. The van der Waals surface area contributed by atoms with Gasteiger partial charge < -0.3 is 9.73 Å². The molecule has 1 unspecified atom stereocenters. The zero-order valence-corrected chi connectivity index (χ0v) is 10.7. The molecular formula is C14H18FNO. The van der Waals surface area contributed by atoms with Crippen LogP contribution in [0.15, 0.2) is 22.6 Å². The van der Waals surface area contributed by atoms with Crippen molar-refractivity contribution in [2.45, 2.75) is 26.8 Å². The third kappa shape index (κ3) is 2.07. The molecule has 0 saturated heterocycles. The van der Waals surface area contributed by atoms with E-state index in [1.54, 1.807) is 13.0 Å². The van der Waals surface area contributed by atoms with Gasteiger partial charge in [-0.2, -0.15) is 0 Å². The minimum Gasteiger partial charge on any atom is -0.456 e. The first-order valence-corrected chi connectivity index (χ1v) is 5.90. The van der Waals surface area contributed by atoms with Crippen LogP contribution in [-0.4, -0.2) is 7.05 Å². The van der Waals surface area contributed by atoms with Crippen LogP contribution in [0.1, 0.15) is 31.2 Å². The second-order valence-corrected chi connectivity index (χ2v) is 4.77. The molecule has 0 amide bonds. The van der Waals surface area contributed by atoms with Crippen LogP contribution >= 0.6 is 0 Å². The highest BCUT2D eigenvalue weighted by atomic mass is 19.1. The van der Waals surface area contributed by atoms with Gasteiger partial charge in [0, 0.05) is 5.39 Å². The number of nitrogens with one attached hydrogen (secondary N) is 1. The highest BCUT2D eigenvalue weighted by Gasteiger charge is 2.19. The summed E-state index contributed by atoms with van der Waals surface area (Å²) < 4.78 is 19.5. The summed E-state index contributed by atoms with van der Waals surface area (Å²) in [5, 5.41) is 4.02. The number of rotatable bonds is 3. The molecule has 2 nitrogen and oxygen atoms in total. The fraction of sp³-hybridized carbons (Fsp3) is 0.429. The topological polar surface area (TPSA) is 25.2 Å². The Morgan fingerprint density at radius 3 is 2.59 bits per heavy atom. The molecule has 0 fully saturated rings. The zero-order chi connectivity index (χ0) is 12.6. The maximum absolute atomic E-state index is 13.9. The van der Waals surface area contributed by atoms with Crippen LogP contribution in [0.4, 0.5) is 4.39 Å². The highest BCUT2D eigenvalue weighted by molar-refractivity contribution is 5.79. The Bertz CT molecular complexity index is 530. The highest BCUT2D eigenvalue weighted by Crippen LogP contribution is 2.30. The average Bonchev–Trinajstić information content (AvgIpc) is 2.68. The smallest absolute Gasteiger partial charge is 0.170 e.